The standard InChI is InChI=1S/C18H22F3N5O2/c19-18(20,21)14-2-1-13(23-24-14)5-11-6-17(7-11)9-26(10-17)16(28)25-4-3-12(8-25)15(22)27/h1-2,11-12H,3-10H2,(H2,22,27)/t12-/m0/s1. The molecule has 2 saturated heterocycles. The Balaban J connectivity index is 1.22. The summed E-state index contributed by atoms with van der Waals surface area (Å²) in [5, 5.41) is 6.96. The van der Waals surface area contributed by atoms with Gasteiger partial charge in [0.1, 0.15) is 0 Å². The third-order valence-corrected chi connectivity index (χ3v) is 6.14. The van der Waals surface area contributed by atoms with Gasteiger partial charge in [-0.1, -0.05) is 0 Å². The summed E-state index contributed by atoms with van der Waals surface area (Å²) < 4.78 is 37.6. The second-order valence-electron chi connectivity index (χ2n) is 8.36. The second kappa shape index (κ2) is 6.59. The SMILES string of the molecule is NC(=O)[C@H]1CCN(C(=O)N2CC3(CC(Cc4ccc(C(F)(F)F)nn4)C3)C2)C1. The third-order valence-electron chi connectivity index (χ3n) is 6.14. The fourth-order valence-electron chi connectivity index (χ4n) is 4.75. The predicted octanol–water partition coefficient (Wildman–Crippen LogP) is 1.68. The molecule has 2 N–H and O–H groups in total. The van der Waals surface area contributed by atoms with Crippen LogP contribution in [0.1, 0.15) is 30.7 Å². The number of carbonyl (C=O) groups excluding carboxylic acids is 2. The Morgan fingerprint density at radius 1 is 1.18 bits per heavy atom. The summed E-state index contributed by atoms with van der Waals surface area (Å²) in [6, 6.07) is 2.32. The van der Waals surface area contributed by atoms with Gasteiger partial charge in [-0.05, 0) is 43.7 Å². The van der Waals surface area contributed by atoms with Crippen molar-refractivity contribution in [2.24, 2.45) is 23.0 Å². The average molecular weight is 397 g/mol. The number of carbonyl (C=O) groups is 2. The number of halogens is 3. The van der Waals surface area contributed by atoms with Crippen LogP contribution in [0.4, 0.5) is 18.0 Å². The highest BCUT2D eigenvalue weighted by molar-refractivity contribution is 5.80. The molecule has 10 heteroatoms. The van der Waals surface area contributed by atoms with Crippen molar-refractivity contribution in [1.29, 1.82) is 0 Å². The van der Waals surface area contributed by atoms with Gasteiger partial charge in [-0.2, -0.15) is 18.3 Å². The van der Waals surface area contributed by atoms with Gasteiger partial charge >= 0.3 is 12.2 Å². The van der Waals surface area contributed by atoms with Crippen molar-refractivity contribution < 1.29 is 22.8 Å². The first-order valence-corrected chi connectivity index (χ1v) is 9.38. The summed E-state index contributed by atoms with van der Waals surface area (Å²) in [4.78, 5) is 27.2. The number of amides is 3. The molecule has 1 aromatic heterocycles. The fraction of sp³-hybridized carbons (Fsp3) is 0.667. The molecule has 0 radical (unpaired) electrons. The highest BCUT2D eigenvalue weighted by Crippen LogP contribution is 2.53. The zero-order valence-corrected chi connectivity index (χ0v) is 15.3. The molecule has 0 aromatic carbocycles. The van der Waals surface area contributed by atoms with Crippen LogP contribution in [-0.4, -0.2) is 58.1 Å². The van der Waals surface area contributed by atoms with E-state index in [1.165, 1.54) is 6.07 Å². The molecule has 28 heavy (non-hydrogen) atoms. The lowest BCUT2D eigenvalue weighted by Gasteiger charge is -2.59. The minimum atomic E-state index is -4.47. The highest BCUT2D eigenvalue weighted by atomic mass is 19.4. The van der Waals surface area contributed by atoms with Gasteiger partial charge in [0.05, 0.1) is 11.6 Å². The molecule has 2 aliphatic heterocycles. The summed E-state index contributed by atoms with van der Waals surface area (Å²) >= 11 is 0. The number of hydrogen-bond acceptors (Lipinski definition) is 4. The van der Waals surface area contributed by atoms with Crippen LogP contribution in [0.15, 0.2) is 12.1 Å². The molecule has 0 unspecified atom stereocenters. The number of alkyl halides is 3. The van der Waals surface area contributed by atoms with E-state index in [0.717, 1.165) is 18.9 Å². The molecule has 152 valence electrons. The number of rotatable bonds is 3. The number of aromatic nitrogens is 2. The van der Waals surface area contributed by atoms with Crippen LogP contribution in [0.5, 0.6) is 0 Å². The van der Waals surface area contributed by atoms with Crippen LogP contribution in [0.3, 0.4) is 0 Å². The minimum absolute atomic E-state index is 0.0357. The Kier molecular flexibility index (Phi) is 4.46. The van der Waals surface area contributed by atoms with Crippen LogP contribution in [0, 0.1) is 17.3 Å². The van der Waals surface area contributed by atoms with Gasteiger partial charge in [0.25, 0.3) is 0 Å². The zero-order chi connectivity index (χ0) is 20.1. The van der Waals surface area contributed by atoms with Crippen molar-refractivity contribution in [2.45, 2.75) is 31.9 Å². The topological polar surface area (TPSA) is 92.4 Å². The van der Waals surface area contributed by atoms with E-state index in [1.54, 1.807) is 9.80 Å². The van der Waals surface area contributed by atoms with E-state index in [0.29, 0.717) is 50.6 Å². The Hall–Kier alpha value is -2.39. The molecular formula is C18H22F3N5O2. The molecule has 3 aliphatic rings. The third kappa shape index (κ3) is 3.51. The minimum Gasteiger partial charge on any atom is -0.369 e. The van der Waals surface area contributed by atoms with E-state index >= 15 is 0 Å². The maximum Gasteiger partial charge on any atom is 0.435 e. The highest BCUT2D eigenvalue weighted by Gasteiger charge is 2.54. The van der Waals surface area contributed by atoms with Crippen molar-refractivity contribution >= 4 is 11.9 Å². The molecule has 1 atom stereocenters. The first-order valence-electron chi connectivity index (χ1n) is 9.38. The van der Waals surface area contributed by atoms with Crippen molar-refractivity contribution in [3.8, 4) is 0 Å². The number of primary amides is 1. The van der Waals surface area contributed by atoms with Gasteiger partial charge in [-0.15, -0.1) is 5.10 Å². The Morgan fingerprint density at radius 2 is 1.89 bits per heavy atom. The van der Waals surface area contributed by atoms with Gasteiger partial charge in [-0.25, -0.2) is 4.79 Å². The molecule has 4 rings (SSSR count). The van der Waals surface area contributed by atoms with Gasteiger partial charge in [0, 0.05) is 31.6 Å². The average Bonchev–Trinajstić information content (AvgIpc) is 3.05. The number of nitrogens with zero attached hydrogens (tertiary/aromatic N) is 4. The lowest BCUT2D eigenvalue weighted by atomic mass is 9.57. The van der Waals surface area contributed by atoms with Crippen molar-refractivity contribution in [1.82, 2.24) is 20.0 Å². The van der Waals surface area contributed by atoms with E-state index in [2.05, 4.69) is 10.2 Å². The molecule has 3 amide bonds. The Bertz CT molecular complexity index is 768. The van der Waals surface area contributed by atoms with E-state index in [4.69, 9.17) is 5.73 Å². The van der Waals surface area contributed by atoms with Crippen molar-refractivity contribution in [2.75, 3.05) is 26.2 Å². The monoisotopic (exact) mass is 397 g/mol. The summed E-state index contributed by atoms with van der Waals surface area (Å²) in [7, 11) is 0. The molecule has 0 bridgehead atoms. The second-order valence-corrected chi connectivity index (χ2v) is 8.36. The summed E-state index contributed by atoms with van der Waals surface area (Å²) in [6.07, 6.45) is -1.38. The molecule has 7 nitrogen and oxygen atoms in total. The van der Waals surface area contributed by atoms with Crippen molar-refractivity contribution in [3.63, 3.8) is 0 Å². The molecule has 3 heterocycles. The summed E-state index contributed by atoms with van der Waals surface area (Å²) in [6.45, 7) is 2.34. The van der Waals surface area contributed by atoms with Crippen LogP contribution < -0.4 is 5.73 Å². The zero-order valence-electron chi connectivity index (χ0n) is 15.3. The first kappa shape index (κ1) is 18.9. The molecule has 3 fully saturated rings. The molecule has 1 aliphatic carbocycles. The number of nitrogens with two attached hydrogens (primary N) is 1. The largest absolute Gasteiger partial charge is 0.435 e. The summed E-state index contributed by atoms with van der Waals surface area (Å²) in [5.74, 6) is -0.255. The van der Waals surface area contributed by atoms with Crippen LogP contribution in [-0.2, 0) is 17.4 Å². The van der Waals surface area contributed by atoms with Gasteiger partial charge in [0.15, 0.2) is 5.69 Å². The van der Waals surface area contributed by atoms with Crippen LogP contribution in [0.2, 0.25) is 0 Å². The number of urea groups is 1. The maximum absolute atomic E-state index is 12.5. The molecule has 1 spiro atoms. The number of hydrogen-bond donors (Lipinski definition) is 1. The predicted molar refractivity (Wildman–Crippen MR) is 91.7 cm³/mol. The van der Waals surface area contributed by atoms with Crippen LogP contribution >= 0.6 is 0 Å². The van der Waals surface area contributed by atoms with E-state index < -0.39 is 11.9 Å². The molecular weight excluding hydrogens is 375 g/mol. The lowest BCUT2D eigenvalue weighted by Crippen LogP contribution is -2.65. The smallest absolute Gasteiger partial charge is 0.369 e. The van der Waals surface area contributed by atoms with Gasteiger partial charge in [-0.3, -0.25) is 4.79 Å². The first-order chi connectivity index (χ1) is 13.2. The Morgan fingerprint density at radius 3 is 2.43 bits per heavy atom. The lowest BCUT2D eigenvalue weighted by molar-refractivity contribution is -0.141. The van der Waals surface area contributed by atoms with E-state index in [-0.39, 0.29) is 23.3 Å². The van der Waals surface area contributed by atoms with E-state index in [1.807, 2.05) is 0 Å². The fourth-order valence-corrected chi connectivity index (χ4v) is 4.75. The quantitative estimate of drug-likeness (QED) is 0.840. The summed E-state index contributed by atoms with van der Waals surface area (Å²) in [5.41, 5.74) is 5.02. The molecule has 1 aromatic rings. The maximum atomic E-state index is 12.5. The van der Waals surface area contributed by atoms with Gasteiger partial charge < -0.3 is 15.5 Å². The molecule has 1 saturated carbocycles. The van der Waals surface area contributed by atoms with Gasteiger partial charge in [0.2, 0.25) is 5.91 Å². The van der Waals surface area contributed by atoms with E-state index in [9.17, 15) is 22.8 Å². The Labute approximate surface area is 160 Å². The number of likely N-dealkylation sites (tertiary alicyclic amines) is 2. The van der Waals surface area contributed by atoms with Crippen LogP contribution in [0.25, 0.3) is 0 Å². The normalized spacial score (nSPS) is 24.2. The van der Waals surface area contributed by atoms with Crippen molar-refractivity contribution in [3.05, 3.63) is 23.5 Å².